The van der Waals surface area contributed by atoms with Crippen LogP contribution < -0.4 is 4.74 Å². The molecule has 0 fully saturated rings. The van der Waals surface area contributed by atoms with Gasteiger partial charge in [-0.05, 0) is 42.7 Å². The van der Waals surface area contributed by atoms with Crippen LogP contribution in [0.5, 0.6) is 5.75 Å². The van der Waals surface area contributed by atoms with Gasteiger partial charge in [-0.2, -0.15) is 0 Å². The van der Waals surface area contributed by atoms with E-state index < -0.39 is 0 Å². The van der Waals surface area contributed by atoms with Crippen molar-refractivity contribution in [2.45, 2.75) is 19.3 Å². The zero-order valence-electron chi connectivity index (χ0n) is 12.3. The highest BCUT2D eigenvalue weighted by atomic mass is 16.5. The fraction of sp³-hybridized carbons (Fsp3) is 0.211. The Hall–Kier alpha value is -2.35. The van der Waals surface area contributed by atoms with Gasteiger partial charge in [-0.15, -0.1) is 0 Å². The summed E-state index contributed by atoms with van der Waals surface area (Å²) in [7, 11) is 1.62. The molecule has 2 aromatic rings. The summed E-state index contributed by atoms with van der Waals surface area (Å²) in [5.74, 6) is 0.961. The first-order chi connectivity index (χ1) is 10.3. The number of unbranched alkanes of at least 4 members (excludes halogenated alkanes) is 1. The number of hydrogen-bond acceptors (Lipinski definition) is 2. The third kappa shape index (κ3) is 4.92. The van der Waals surface area contributed by atoms with Gasteiger partial charge in [-0.25, -0.2) is 0 Å². The number of ether oxygens (including phenoxy) is 1. The lowest BCUT2D eigenvalue weighted by molar-refractivity contribution is 0.0980. The molecule has 21 heavy (non-hydrogen) atoms. The molecule has 0 heterocycles. The third-order valence-corrected chi connectivity index (χ3v) is 3.30. The number of Topliss-reactive ketones (excluding diaryl/α,β-unsaturated/α-hetero) is 1. The van der Waals surface area contributed by atoms with Gasteiger partial charge in [-0.3, -0.25) is 4.79 Å². The topological polar surface area (TPSA) is 26.3 Å². The van der Waals surface area contributed by atoms with Gasteiger partial charge in [-0.1, -0.05) is 42.5 Å². The molecule has 0 saturated heterocycles. The highest BCUT2D eigenvalue weighted by molar-refractivity contribution is 5.96. The molecule has 0 amide bonds. The van der Waals surface area contributed by atoms with E-state index in [-0.39, 0.29) is 5.78 Å². The minimum atomic E-state index is 0.186. The summed E-state index contributed by atoms with van der Waals surface area (Å²) in [5, 5.41) is 0. The van der Waals surface area contributed by atoms with Crippen LogP contribution in [0, 0.1) is 0 Å². The Morgan fingerprint density at radius 2 is 1.76 bits per heavy atom. The van der Waals surface area contributed by atoms with E-state index in [1.54, 1.807) is 7.11 Å². The lowest BCUT2D eigenvalue weighted by atomic mass is 10.0. The third-order valence-electron chi connectivity index (χ3n) is 3.30. The largest absolute Gasteiger partial charge is 0.497 e. The van der Waals surface area contributed by atoms with Crippen LogP contribution in [-0.2, 0) is 0 Å². The van der Waals surface area contributed by atoms with Gasteiger partial charge in [0.05, 0.1) is 7.11 Å². The summed E-state index contributed by atoms with van der Waals surface area (Å²) in [5.41, 5.74) is 1.95. The van der Waals surface area contributed by atoms with Crippen molar-refractivity contribution < 1.29 is 9.53 Å². The molecule has 0 N–H and O–H groups in total. The molecule has 0 spiro atoms. The first-order valence-electron chi connectivity index (χ1n) is 7.18. The maximum atomic E-state index is 12.0. The van der Waals surface area contributed by atoms with Gasteiger partial charge in [0.1, 0.15) is 5.75 Å². The number of carbonyl (C=O) groups is 1. The molecular weight excluding hydrogens is 260 g/mol. The molecule has 0 radical (unpaired) electrons. The summed E-state index contributed by atoms with van der Waals surface area (Å²) in [4.78, 5) is 12.0. The van der Waals surface area contributed by atoms with Gasteiger partial charge >= 0.3 is 0 Å². The lowest BCUT2D eigenvalue weighted by Crippen LogP contribution is -1.98. The van der Waals surface area contributed by atoms with Gasteiger partial charge in [0, 0.05) is 12.0 Å². The van der Waals surface area contributed by atoms with Crippen LogP contribution in [0.4, 0.5) is 0 Å². The van der Waals surface area contributed by atoms with Gasteiger partial charge < -0.3 is 4.74 Å². The molecule has 0 unspecified atom stereocenters. The molecule has 0 atom stereocenters. The molecule has 2 nitrogen and oxygen atoms in total. The Labute approximate surface area is 126 Å². The van der Waals surface area contributed by atoms with E-state index in [0.29, 0.717) is 6.42 Å². The standard InChI is InChI=1S/C19H20O2/c1-21-18-14-12-17(13-15-18)19(20)11-7-3-6-10-16-8-4-2-5-9-16/h2,4-6,8-10,12-15H,3,7,11H2,1H3/b10-6+. The van der Waals surface area contributed by atoms with Crippen LogP contribution in [-0.4, -0.2) is 12.9 Å². The van der Waals surface area contributed by atoms with Crippen molar-refractivity contribution in [3.63, 3.8) is 0 Å². The molecular formula is C19H20O2. The zero-order chi connectivity index (χ0) is 14.9. The molecule has 108 valence electrons. The number of ketones is 1. The second-order valence-corrected chi connectivity index (χ2v) is 4.86. The van der Waals surface area contributed by atoms with Crippen LogP contribution >= 0.6 is 0 Å². The molecule has 0 aliphatic rings. The summed E-state index contributed by atoms with van der Waals surface area (Å²) in [6, 6.07) is 17.5. The van der Waals surface area contributed by atoms with Crippen molar-refractivity contribution in [1.29, 1.82) is 0 Å². The predicted octanol–water partition coefficient (Wildman–Crippen LogP) is 4.76. The number of carbonyl (C=O) groups excluding carboxylic acids is 1. The first kappa shape index (κ1) is 15.0. The maximum absolute atomic E-state index is 12.0. The van der Waals surface area contributed by atoms with E-state index in [9.17, 15) is 4.79 Å². The van der Waals surface area contributed by atoms with E-state index in [0.717, 1.165) is 24.2 Å². The second kappa shape index (κ2) is 8.05. The van der Waals surface area contributed by atoms with Crippen molar-refractivity contribution >= 4 is 11.9 Å². The fourth-order valence-corrected chi connectivity index (χ4v) is 2.09. The highest BCUT2D eigenvalue weighted by Crippen LogP contribution is 2.14. The van der Waals surface area contributed by atoms with Crippen LogP contribution in [0.25, 0.3) is 6.08 Å². The van der Waals surface area contributed by atoms with E-state index in [1.165, 1.54) is 5.56 Å². The van der Waals surface area contributed by atoms with Crippen molar-refractivity contribution in [2.24, 2.45) is 0 Å². The van der Waals surface area contributed by atoms with Gasteiger partial charge in [0.15, 0.2) is 5.78 Å². The normalized spacial score (nSPS) is 10.7. The molecule has 0 aliphatic carbocycles. The summed E-state index contributed by atoms with van der Waals surface area (Å²) >= 11 is 0. The molecule has 2 heteroatoms. The van der Waals surface area contributed by atoms with Crippen LogP contribution in [0.15, 0.2) is 60.7 Å². The number of methoxy groups -OCH3 is 1. The van der Waals surface area contributed by atoms with Crippen molar-refractivity contribution in [3.05, 3.63) is 71.8 Å². The van der Waals surface area contributed by atoms with Crippen LogP contribution in [0.1, 0.15) is 35.2 Å². The molecule has 2 aromatic carbocycles. The van der Waals surface area contributed by atoms with E-state index in [2.05, 4.69) is 24.3 Å². The molecule has 0 saturated carbocycles. The number of rotatable bonds is 7. The monoisotopic (exact) mass is 280 g/mol. The lowest BCUT2D eigenvalue weighted by Gasteiger charge is -2.02. The molecule has 0 aliphatic heterocycles. The molecule has 0 aromatic heterocycles. The van der Waals surface area contributed by atoms with Crippen LogP contribution in [0.3, 0.4) is 0 Å². The minimum Gasteiger partial charge on any atom is -0.497 e. The average molecular weight is 280 g/mol. The summed E-state index contributed by atoms with van der Waals surface area (Å²) in [6.45, 7) is 0. The number of benzene rings is 2. The number of allylic oxidation sites excluding steroid dienone is 1. The SMILES string of the molecule is COc1ccc(C(=O)CCC/C=C/c2ccccc2)cc1. The second-order valence-electron chi connectivity index (χ2n) is 4.86. The summed E-state index contributed by atoms with van der Waals surface area (Å²) in [6.07, 6.45) is 6.57. The van der Waals surface area contributed by atoms with Crippen molar-refractivity contribution in [2.75, 3.05) is 7.11 Å². The van der Waals surface area contributed by atoms with Crippen molar-refractivity contribution in [1.82, 2.24) is 0 Å². The molecule has 2 rings (SSSR count). The van der Waals surface area contributed by atoms with Gasteiger partial charge in [0.2, 0.25) is 0 Å². The Balaban J connectivity index is 1.75. The maximum Gasteiger partial charge on any atom is 0.162 e. The Kier molecular flexibility index (Phi) is 5.77. The highest BCUT2D eigenvalue weighted by Gasteiger charge is 2.04. The number of hydrogen-bond donors (Lipinski definition) is 0. The van der Waals surface area contributed by atoms with Crippen LogP contribution in [0.2, 0.25) is 0 Å². The first-order valence-corrected chi connectivity index (χ1v) is 7.18. The van der Waals surface area contributed by atoms with E-state index in [1.807, 2.05) is 42.5 Å². The molecule has 0 bridgehead atoms. The smallest absolute Gasteiger partial charge is 0.162 e. The average Bonchev–Trinajstić information content (AvgIpc) is 2.55. The van der Waals surface area contributed by atoms with Crippen molar-refractivity contribution in [3.8, 4) is 5.75 Å². The minimum absolute atomic E-state index is 0.186. The van der Waals surface area contributed by atoms with E-state index in [4.69, 9.17) is 4.74 Å². The zero-order valence-corrected chi connectivity index (χ0v) is 12.3. The fourth-order valence-electron chi connectivity index (χ4n) is 2.09. The quantitative estimate of drug-likeness (QED) is 0.540. The Morgan fingerprint density at radius 3 is 2.43 bits per heavy atom. The predicted molar refractivity (Wildman–Crippen MR) is 86.7 cm³/mol. The summed E-state index contributed by atoms with van der Waals surface area (Å²) < 4.78 is 5.08. The van der Waals surface area contributed by atoms with E-state index >= 15 is 0 Å². The Bertz CT molecular complexity index is 583. The van der Waals surface area contributed by atoms with Gasteiger partial charge in [0.25, 0.3) is 0 Å². The Morgan fingerprint density at radius 1 is 1.05 bits per heavy atom.